The van der Waals surface area contributed by atoms with Crippen LogP contribution in [0.1, 0.15) is 0 Å². The fourth-order valence-electron chi connectivity index (χ4n) is 2.60. The molecule has 0 unspecified atom stereocenters. The minimum atomic E-state index is -2.38. The molecule has 0 radical (unpaired) electrons. The van der Waals surface area contributed by atoms with Crippen molar-refractivity contribution in [2.75, 3.05) is 0 Å². The van der Waals surface area contributed by atoms with Gasteiger partial charge in [-0.15, -0.1) is 0 Å². The van der Waals surface area contributed by atoms with Crippen molar-refractivity contribution < 1.29 is 0 Å². The van der Waals surface area contributed by atoms with E-state index < -0.39 is 7.41 Å². The second-order valence-corrected chi connectivity index (χ2v) is 8.25. The van der Waals surface area contributed by atoms with Gasteiger partial charge in [-0.05, 0) is 0 Å². The zero-order valence-corrected chi connectivity index (χ0v) is 12.2. The van der Waals surface area contributed by atoms with Crippen LogP contribution in [-0.4, -0.2) is 8.41 Å². The third-order valence-electron chi connectivity index (χ3n) is 3.69. The summed E-state index contributed by atoms with van der Waals surface area (Å²) < 4.78 is 0. The summed E-state index contributed by atoms with van der Waals surface area (Å²) in [6.45, 7) is 0. The minimum absolute atomic E-state index is 0. The van der Waals surface area contributed by atoms with Crippen LogP contribution >= 0.6 is 7.41 Å². The van der Waals surface area contributed by atoms with Gasteiger partial charge in [0.2, 0.25) is 0 Å². The molecule has 1 nitrogen and oxygen atoms in total. The van der Waals surface area contributed by atoms with Crippen LogP contribution in [0.2, 0.25) is 0 Å². The first-order chi connectivity index (χ1) is 9.82. The number of benzene rings is 3. The average molecular weight is 293 g/mol. The molecule has 3 rings (SSSR count). The van der Waals surface area contributed by atoms with E-state index in [4.69, 9.17) is 5.50 Å². The Bertz CT molecular complexity index is 575. The van der Waals surface area contributed by atoms with E-state index in [1.54, 1.807) is 0 Å². The molecular formula is C18H21BNP. The third-order valence-corrected chi connectivity index (χ3v) is 7.42. The second-order valence-electron chi connectivity index (χ2n) is 4.91. The maximum absolute atomic E-state index is 7.00. The fourth-order valence-corrected chi connectivity index (χ4v) is 5.76. The Labute approximate surface area is 128 Å². The molecule has 106 valence electrons. The van der Waals surface area contributed by atoms with Crippen molar-refractivity contribution in [1.82, 2.24) is 0 Å². The molecule has 0 saturated carbocycles. The monoisotopic (exact) mass is 293 g/mol. The summed E-state index contributed by atoms with van der Waals surface area (Å²) in [5.41, 5.74) is 7.00. The summed E-state index contributed by atoms with van der Waals surface area (Å²) >= 11 is 0. The molecule has 0 aliphatic carbocycles. The maximum atomic E-state index is 7.00. The molecule has 0 fully saturated rings. The second kappa shape index (κ2) is 6.71. The first-order valence-corrected chi connectivity index (χ1v) is 8.85. The average Bonchev–Trinajstić information content (AvgIpc) is 2.56. The van der Waals surface area contributed by atoms with Crippen LogP contribution in [0.4, 0.5) is 0 Å². The molecule has 3 heteroatoms. The van der Waals surface area contributed by atoms with Crippen LogP contribution < -0.4 is 21.4 Å². The number of hydrogen-bond donors (Lipinski definition) is 1. The Morgan fingerprint density at radius 1 is 0.476 bits per heavy atom. The van der Waals surface area contributed by atoms with Gasteiger partial charge in [0.05, 0.1) is 8.41 Å². The summed E-state index contributed by atoms with van der Waals surface area (Å²) in [7, 11) is -2.38. The molecule has 2 N–H and O–H groups in total. The van der Waals surface area contributed by atoms with Crippen LogP contribution in [0, 0.1) is 0 Å². The molecule has 0 bridgehead atoms. The van der Waals surface area contributed by atoms with E-state index in [1.807, 2.05) is 18.2 Å². The van der Waals surface area contributed by atoms with Gasteiger partial charge in [-0.1, -0.05) is 0 Å². The molecular weight excluding hydrogens is 272 g/mol. The van der Waals surface area contributed by atoms with Gasteiger partial charge in [-0.3, -0.25) is 0 Å². The normalized spacial score (nSPS) is 11.5. The van der Waals surface area contributed by atoms with E-state index >= 15 is 0 Å². The van der Waals surface area contributed by atoms with Crippen molar-refractivity contribution in [2.24, 2.45) is 5.50 Å². The van der Waals surface area contributed by atoms with Gasteiger partial charge in [-0.2, -0.15) is 0 Å². The first kappa shape index (κ1) is 15.5. The molecule has 3 aromatic rings. The van der Waals surface area contributed by atoms with Gasteiger partial charge in [0, 0.05) is 0 Å². The molecule has 21 heavy (non-hydrogen) atoms. The van der Waals surface area contributed by atoms with Crippen LogP contribution in [0.25, 0.3) is 0 Å². The third kappa shape index (κ3) is 2.92. The first-order valence-electron chi connectivity index (χ1n) is 6.77. The van der Waals surface area contributed by atoms with Gasteiger partial charge in [0.1, 0.15) is 0 Å². The number of rotatable bonds is 3. The van der Waals surface area contributed by atoms with Gasteiger partial charge in [0.15, 0.2) is 0 Å². The summed E-state index contributed by atoms with van der Waals surface area (Å²) in [6.07, 6.45) is 0. The van der Waals surface area contributed by atoms with Crippen LogP contribution in [0.3, 0.4) is 0 Å². The molecule has 0 amide bonds. The van der Waals surface area contributed by atoms with Crippen LogP contribution in [0.5, 0.6) is 0 Å². The standard InChI is InChI=1S/C18H18NP.BH3/c19-20(16-10-4-1-5-11-16,17-12-6-2-7-13-17)18-14-8-3-9-15-18;/h1-15,20H,19H2;1H3. The Hall–Kier alpha value is -1.89. The van der Waals surface area contributed by atoms with Crippen molar-refractivity contribution >= 4 is 31.7 Å². The van der Waals surface area contributed by atoms with Crippen molar-refractivity contribution in [3.63, 3.8) is 0 Å². The predicted octanol–water partition coefficient (Wildman–Crippen LogP) is 1.40. The molecule has 0 spiro atoms. The van der Waals surface area contributed by atoms with Gasteiger partial charge in [0.25, 0.3) is 0 Å². The summed E-state index contributed by atoms with van der Waals surface area (Å²) in [5, 5.41) is 3.70. The SMILES string of the molecule is B.N[PH](c1ccccc1)(c1ccccc1)c1ccccc1. The molecule has 0 aromatic heterocycles. The Balaban J connectivity index is 0.00000161. The van der Waals surface area contributed by atoms with Crippen molar-refractivity contribution in [2.45, 2.75) is 0 Å². The molecule has 0 saturated heterocycles. The van der Waals surface area contributed by atoms with Gasteiger partial charge in [-0.25, -0.2) is 0 Å². The molecule has 0 atom stereocenters. The Morgan fingerprint density at radius 3 is 0.952 bits per heavy atom. The zero-order chi connectivity index (χ0) is 13.8. The summed E-state index contributed by atoms with van der Waals surface area (Å²) in [5.74, 6) is 0. The fraction of sp³-hybridized carbons (Fsp3) is 0. The Kier molecular flexibility index (Phi) is 4.96. The Morgan fingerprint density at radius 2 is 0.714 bits per heavy atom. The summed E-state index contributed by atoms with van der Waals surface area (Å²) in [6, 6.07) is 31.4. The zero-order valence-electron chi connectivity index (χ0n) is 11.2. The van der Waals surface area contributed by atoms with E-state index in [-0.39, 0.29) is 8.41 Å². The number of hydrogen-bond acceptors (Lipinski definition) is 1. The van der Waals surface area contributed by atoms with Gasteiger partial charge >= 0.3 is 120 Å². The molecule has 0 aliphatic heterocycles. The quantitative estimate of drug-likeness (QED) is 0.573. The molecule has 0 heterocycles. The van der Waals surface area contributed by atoms with E-state index in [2.05, 4.69) is 72.8 Å². The van der Waals surface area contributed by atoms with E-state index in [0.717, 1.165) is 0 Å². The topological polar surface area (TPSA) is 26.0 Å². The summed E-state index contributed by atoms with van der Waals surface area (Å²) in [4.78, 5) is 0. The predicted molar refractivity (Wildman–Crippen MR) is 101 cm³/mol. The van der Waals surface area contributed by atoms with Crippen LogP contribution in [0.15, 0.2) is 91.0 Å². The van der Waals surface area contributed by atoms with Gasteiger partial charge < -0.3 is 0 Å². The van der Waals surface area contributed by atoms with E-state index in [9.17, 15) is 0 Å². The van der Waals surface area contributed by atoms with Crippen molar-refractivity contribution in [1.29, 1.82) is 0 Å². The van der Waals surface area contributed by atoms with Crippen LogP contribution in [-0.2, 0) is 0 Å². The molecule has 0 aliphatic rings. The van der Waals surface area contributed by atoms with E-state index in [1.165, 1.54) is 15.9 Å². The number of nitrogens with two attached hydrogens (primary N) is 1. The van der Waals surface area contributed by atoms with Crippen molar-refractivity contribution in [3.05, 3.63) is 91.0 Å². The van der Waals surface area contributed by atoms with E-state index in [0.29, 0.717) is 0 Å². The van der Waals surface area contributed by atoms with Crippen molar-refractivity contribution in [3.8, 4) is 0 Å². The molecule has 3 aromatic carbocycles.